The summed E-state index contributed by atoms with van der Waals surface area (Å²) in [6.45, 7) is 11.1. The van der Waals surface area contributed by atoms with Crippen molar-refractivity contribution in [3.63, 3.8) is 0 Å². The highest BCUT2D eigenvalue weighted by Gasteiger charge is 2.23. The van der Waals surface area contributed by atoms with E-state index in [1.54, 1.807) is 20.8 Å². The van der Waals surface area contributed by atoms with E-state index in [4.69, 9.17) is 0 Å². The maximum Gasteiger partial charge on any atom is 0.255 e. The van der Waals surface area contributed by atoms with Crippen LogP contribution in [-0.4, -0.2) is 11.7 Å². The van der Waals surface area contributed by atoms with E-state index in [9.17, 15) is 27.2 Å². The zero-order valence-corrected chi connectivity index (χ0v) is 22.0. The maximum absolute atomic E-state index is 14.6. The van der Waals surface area contributed by atoms with Gasteiger partial charge >= 0.3 is 0 Å². The summed E-state index contributed by atoms with van der Waals surface area (Å²) in [6.07, 6.45) is 0.411. The van der Waals surface area contributed by atoms with Crippen LogP contribution in [0.4, 0.5) is 34.6 Å². The fourth-order valence-corrected chi connectivity index (χ4v) is 3.67. The van der Waals surface area contributed by atoms with Crippen LogP contribution in [0.1, 0.15) is 67.8 Å². The summed E-state index contributed by atoms with van der Waals surface area (Å²) in [7, 11) is 0. The molecule has 0 heterocycles. The molecular formula is C29H29F4N3O2. The SMILES string of the molecule is CC(C)(C)Cc1cc(F)c(N=Nc2c(F)cc(NC(=O)c3ccc(C(=O)C(C)(C)C)cc3)cc2F)c(F)c1. The summed E-state index contributed by atoms with van der Waals surface area (Å²) in [6, 6.07) is 9.71. The molecule has 0 unspecified atom stereocenters. The summed E-state index contributed by atoms with van der Waals surface area (Å²) in [4.78, 5) is 24.9. The van der Waals surface area contributed by atoms with Crippen molar-refractivity contribution in [2.24, 2.45) is 21.1 Å². The van der Waals surface area contributed by atoms with Crippen molar-refractivity contribution in [2.45, 2.75) is 48.0 Å². The van der Waals surface area contributed by atoms with E-state index < -0.39 is 46.0 Å². The highest BCUT2D eigenvalue weighted by Crippen LogP contribution is 2.32. The standard InChI is InChI=1S/C29H29F4N3O2/c1-28(2,3)15-16-11-20(30)24(21(31)12-16)35-36-25-22(32)13-19(14-23(25)33)34-27(38)18-9-7-17(8-10-18)26(37)29(4,5)6/h7-14H,15H2,1-6H3,(H,34,38). The first-order valence-corrected chi connectivity index (χ1v) is 11.9. The number of nitrogens with zero attached hydrogens (tertiary/aromatic N) is 2. The maximum atomic E-state index is 14.6. The number of hydrogen-bond donors (Lipinski definition) is 1. The Hall–Kier alpha value is -3.88. The lowest BCUT2D eigenvalue weighted by molar-refractivity contribution is 0.0857. The fraction of sp³-hybridized carbons (Fsp3) is 0.310. The molecule has 0 saturated heterocycles. The van der Waals surface area contributed by atoms with Gasteiger partial charge in [0.15, 0.2) is 40.4 Å². The van der Waals surface area contributed by atoms with Gasteiger partial charge in [-0.1, -0.05) is 53.7 Å². The third-order valence-corrected chi connectivity index (χ3v) is 5.43. The van der Waals surface area contributed by atoms with Crippen molar-refractivity contribution >= 4 is 28.8 Å². The van der Waals surface area contributed by atoms with Crippen LogP contribution in [0.3, 0.4) is 0 Å². The average Bonchev–Trinajstić information content (AvgIpc) is 2.77. The molecule has 1 amide bonds. The van der Waals surface area contributed by atoms with Crippen LogP contribution in [0.2, 0.25) is 0 Å². The zero-order chi connectivity index (χ0) is 28.4. The monoisotopic (exact) mass is 527 g/mol. The van der Waals surface area contributed by atoms with E-state index in [-0.39, 0.29) is 22.4 Å². The predicted octanol–water partition coefficient (Wildman–Crippen LogP) is 8.73. The molecule has 0 aliphatic rings. The molecular weight excluding hydrogens is 498 g/mol. The van der Waals surface area contributed by atoms with Gasteiger partial charge in [0.25, 0.3) is 5.91 Å². The number of nitrogens with one attached hydrogen (secondary N) is 1. The highest BCUT2D eigenvalue weighted by atomic mass is 19.1. The Kier molecular flexibility index (Phi) is 8.19. The lowest BCUT2D eigenvalue weighted by Gasteiger charge is -2.18. The van der Waals surface area contributed by atoms with Crippen molar-refractivity contribution in [1.82, 2.24) is 0 Å². The first-order chi connectivity index (χ1) is 17.5. The molecule has 0 spiro atoms. The minimum absolute atomic E-state index is 0.0982. The second-order valence-electron chi connectivity index (χ2n) is 11.2. The quantitative estimate of drug-likeness (QED) is 0.198. The van der Waals surface area contributed by atoms with Gasteiger partial charge in [-0.2, -0.15) is 0 Å². The van der Waals surface area contributed by atoms with E-state index in [0.717, 1.165) is 24.3 Å². The number of azo groups is 1. The summed E-state index contributed by atoms with van der Waals surface area (Å²) >= 11 is 0. The molecule has 0 saturated carbocycles. The van der Waals surface area contributed by atoms with Crippen LogP contribution in [-0.2, 0) is 6.42 Å². The van der Waals surface area contributed by atoms with E-state index in [1.807, 2.05) is 20.8 Å². The van der Waals surface area contributed by atoms with Crippen LogP contribution in [0.5, 0.6) is 0 Å². The topological polar surface area (TPSA) is 70.9 Å². The molecule has 5 nitrogen and oxygen atoms in total. The van der Waals surface area contributed by atoms with Gasteiger partial charge in [-0.15, -0.1) is 10.2 Å². The Labute approximate surface area is 219 Å². The molecule has 0 aliphatic carbocycles. The Morgan fingerprint density at radius 1 is 0.711 bits per heavy atom. The smallest absolute Gasteiger partial charge is 0.255 e. The van der Waals surface area contributed by atoms with Gasteiger partial charge < -0.3 is 5.32 Å². The number of amides is 1. The molecule has 0 atom stereocenters. The summed E-state index contributed by atoms with van der Waals surface area (Å²) < 4.78 is 58.1. The molecule has 38 heavy (non-hydrogen) atoms. The lowest BCUT2D eigenvalue weighted by Crippen LogP contribution is -2.20. The number of Topliss-reactive ketones (excluding diaryl/α,β-unsaturated/α-hetero) is 1. The number of hydrogen-bond acceptors (Lipinski definition) is 4. The second kappa shape index (κ2) is 10.8. The number of anilines is 1. The molecule has 1 N–H and O–H groups in total. The van der Waals surface area contributed by atoms with Gasteiger partial charge in [-0.05, 0) is 53.8 Å². The molecule has 3 aromatic carbocycles. The number of carbonyl (C=O) groups excluding carboxylic acids is 2. The van der Waals surface area contributed by atoms with Gasteiger partial charge in [0.05, 0.1) is 0 Å². The minimum atomic E-state index is -1.19. The van der Waals surface area contributed by atoms with Crippen LogP contribution >= 0.6 is 0 Å². The largest absolute Gasteiger partial charge is 0.322 e. The van der Waals surface area contributed by atoms with Gasteiger partial charge in [-0.25, -0.2) is 17.6 Å². The Balaban J connectivity index is 1.78. The third kappa shape index (κ3) is 7.12. The Morgan fingerprint density at radius 2 is 1.13 bits per heavy atom. The zero-order valence-electron chi connectivity index (χ0n) is 22.0. The summed E-state index contributed by atoms with van der Waals surface area (Å²) in [5, 5.41) is 9.14. The summed E-state index contributed by atoms with van der Waals surface area (Å²) in [5.41, 5.74) is -1.64. The number of benzene rings is 3. The van der Waals surface area contributed by atoms with Gasteiger partial charge in [-0.3, -0.25) is 9.59 Å². The number of carbonyl (C=O) groups is 2. The van der Waals surface area contributed by atoms with Crippen molar-refractivity contribution in [2.75, 3.05) is 5.32 Å². The Bertz CT molecular complexity index is 1360. The molecule has 0 fully saturated rings. The third-order valence-electron chi connectivity index (χ3n) is 5.43. The van der Waals surface area contributed by atoms with E-state index in [1.165, 1.54) is 24.3 Å². The molecule has 0 aliphatic heterocycles. The molecule has 0 radical (unpaired) electrons. The minimum Gasteiger partial charge on any atom is -0.322 e. The van der Waals surface area contributed by atoms with Crippen LogP contribution in [0, 0.1) is 34.1 Å². The molecule has 3 aromatic rings. The lowest BCUT2D eigenvalue weighted by atomic mass is 9.86. The normalized spacial score (nSPS) is 12.2. The van der Waals surface area contributed by atoms with E-state index in [2.05, 4.69) is 15.5 Å². The number of rotatable bonds is 6. The first kappa shape index (κ1) is 28.7. The number of halogens is 4. The van der Waals surface area contributed by atoms with Crippen molar-refractivity contribution in [3.8, 4) is 0 Å². The highest BCUT2D eigenvalue weighted by molar-refractivity contribution is 6.05. The predicted molar refractivity (Wildman–Crippen MR) is 138 cm³/mol. The number of ketones is 1. The van der Waals surface area contributed by atoms with Gasteiger partial charge in [0.1, 0.15) is 0 Å². The fourth-order valence-electron chi connectivity index (χ4n) is 3.67. The molecule has 3 rings (SSSR count). The van der Waals surface area contributed by atoms with Crippen molar-refractivity contribution in [3.05, 3.63) is 88.5 Å². The van der Waals surface area contributed by atoms with E-state index >= 15 is 0 Å². The molecule has 200 valence electrons. The van der Waals surface area contributed by atoms with Crippen molar-refractivity contribution < 1.29 is 27.2 Å². The molecule has 0 bridgehead atoms. The Morgan fingerprint density at radius 3 is 1.55 bits per heavy atom. The first-order valence-electron chi connectivity index (χ1n) is 11.9. The van der Waals surface area contributed by atoms with Crippen molar-refractivity contribution in [1.29, 1.82) is 0 Å². The van der Waals surface area contributed by atoms with Crippen LogP contribution in [0.15, 0.2) is 58.8 Å². The van der Waals surface area contributed by atoms with Gasteiger partial charge in [0.2, 0.25) is 0 Å². The average molecular weight is 528 g/mol. The molecule has 0 aromatic heterocycles. The summed E-state index contributed by atoms with van der Waals surface area (Å²) in [5.74, 6) is -5.16. The van der Waals surface area contributed by atoms with E-state index in [0.29, 0.717) is 17.5 Å². The second-order valence-corrected chi connectivity index (χ2v) is 11.2. The van der Waals surface area contributed by atoms with Crippen LogP contribution < -0.4 is 5.32 Å². The van der Waals surface area contributed by atoms with Crippen LogP contribution in [0.25, 0.3) is 0 Å². The molecule has 9 heteroatoms. The van der Waals surface area contributed by atoms with Gasteiger partial charge in [0, 0.05) is 22.2 Å².